The largest absolute Gasteiger partial charge is 0.494 e. The van der Waals surface area contributed by atoms with Crippen molar-refractivity contribution in [3.8, 4) is 5.75 Å². The predicted molar refractivity (Wildman–Crippen MR) is 137 cm³/mol. The number of hydrogen-bond donors (Lipinski definition) is 2. The van der Waals surface area contributed by atoms with E-state index in [2.05, 4.69) is 35.8 Å². The summed E-state index contributed by atoms with van der Waals surface area (Å²) < 4.78 is 34.7. The maximum absolute atomic E-state index is 13.0. The van der Waals surface area contributed by atoms with Gasteiger partial charge in [0, 0.05) is 11.6 Å². The molecule has 0 spiro atoms. The van der Waals surface area contributed by atoms with Crippen LogP contribution >= 0.6 is 11.3 Å². The van der Waals surface area contributed by atoms with Crippen molar-refractivity contribution in [2.45, 2.75) is 31.1 Å². The predicted octanol–water partition coefficient (Wildman–Crippen LogP) is 5.66. The molecule has 4 rings (SSSR count). The second kappa shape index (κ2) is 9.08. The normalized spacial score (nSPS) is 11.9. The number of amides is 1. The van der Waals surface area contributed by atoms with E-state index in [4.69, 9.17) is 4.74 Å². The van der Waals surface area contributed by atoms with Crippen LogP contribution in [0.25, 0.3) is 10.2 Å². The van der Waals surface area contributed by atoms with E-state index in [1.807, 2.05) is 18.2 Å². The number of thiazole rings is 1. The highest BCUT2D eigenvalue weighted by molar-refractivity contribution is 7.92. The lowest BCUT2D eigenvalue weighted by Crippen LogP contribution is -2.15. The maximum Gasteiger partial charge on any atom is 0.261 e. The summed E-state index contributed by atoms with van der Waals surface area (Å²) in [6.07, 6.45) is 0. The molecule has 0 saturated heterocycles. The van der Waals surface area contributed by atoms with Gasteiger partial charge in [-0.15, -0.1) is 0 Å². The molecule has 0 fully saturated rings. The summed E-state index contributed by atoms with van der Waals surface area (Å²) in [7, 11) is -2.32. The van der Waals surface area contributed by atoms with Gasteiger partial charge in [0.2, 0.25) is 0 Å². The van der Waals surface area contributed by atoms with Crippen LogP contribution in [-0.2, 0) is 15.4 Å². The lowest BCUT2D eigenvalue weighted by molar-refractivity contribution is 0.102. The van der Waals surface area contributed by atoms with Crippen LogP contribution in [0.1, 0.15) is 36.7 Å². The van der Waals surface area contributed by atoms with Crippen LogP contribution in [0, 0.1) is 0 Å². The van der Waals surface area contributed by atoms with Gasteiger partial charge in [-0.05, 0) is 41.3 Å². The fraction of sp³-hybridized carbons (Fsp3) is 0.200. The first-order valence-corrected chi connectivity index (χ1v) is 12.8. The zero-order chi connectivity index (χ0) is 24.5. The first-order valence-electron chi connectivity index (χ1n) is 10.6. The highest BCUT2D eigenvalue weighted by atomic mass is 32.2. The summed E-state index contributed by atoms with van der Waals surface area (Å²) in [6.45, 7) is 6.21. The molecule has 0 saturated carbocycles. The maximum atomic E-state index is 13.0. The zero-order valence-electron chi connectivity index (χ0n) is 19.2. The molecule has 34 heavy (non-hydrogen) atoms. The van der Waals surface area contributed by atoms with Gasteiger partial charge in [-0.3, -0.25) is 14.8 Å². The Morgan fingerprint density at radius 1 is 1.00 bits per heavy atom. The van der Waals surface area contributed by atoms with E-state index in [9.17, 15) is 13.2 Å². The van der Waals surface area contributed by atoms with E-state index in [-0.39, 0.29) is 16.2 Å². The Morgan fingerprint density at radius 2 is 1.68 bits per heavy atom. The third-order valence-electron chi connectivity index (χ3n) is 5.22. The third kappa shape index (κ3) is 5.05. The summed E-state index contributed by atoms with van der Waals surface area (Å²) >= 11 is 1.23. The number of methoxy groups -OCH3 is 1. The summed E-state index contributed by atoms with van der Waals surface area (Å²) in [5.74, 6) is 0.119. The van der Waals surface area contributed by atoms with Crippen molar-refractivity contribution < 1.29 is 17.9 Å². The standard InChI is InChI=1S/C25H25N3O4S2/c1-25(2,3)17-10-12-19(13-11-17)34(30,31)28-18-14-20(32-4)22-21(15-18)33-24(26-22)27-23(29)16-8-6-5-7-9-16/h5-15,28H,1-4H3,(H,26,27,29). The lowest BCUT2D eigenvalue weighted by atomic mass is 9.87. The van der Waals surface area contributed by atoms with Crippen molar-refractivity contribution in [3.63, 3.8) is 0 Å². The number of fused-ring (bicyclic) bond motifs is 1. The first kappa shape index (κ1) is 23.7. The van der Waals surface area contributed by atoms with Crippen molar-refractivity contribution in [1.29, 1.82) is 0 Å². The molecule has 1 amide bonds. The number of rotatable bonds is 6. The quantitative estimate of drug-likeness (QED) is 0.360. The fourth-order valence-electron chi connectivity index (χ4n) is 3.37. The van der Waals surface area contributed by atoms with Gasteiger partial charge in [-0.2, -0.15) is 0 Å². The monoisotopic (exact) mass is 495 g/mol. The van der Waals surface area contributed by atoms with Crippen LogP contribution in [0.2, 0.25) is 0 Å². The summed E-state index contributed by atoms with van der Waals surface area (Å²) in [6, 6.07) is 18.9. The van der Waals surface area contributed by atoms with Crippen LogP contribution in [0.15, 0.2) is 71.6 Å². The smallest absolute Gasteiger partial charge is 0.261 e. The molecule has 0 unspecified atom stereocenters. The fourth-order valence-corrected chi connectivity index (χ4v) is 5.33. The molecule has 3 aromatic carbocycles. The van der Waals surface area contributed by atoms with Crippen LogP contribution in [0.5, 0.6) is 5.75 Å². The number of sulfonamides is 1. The number of hydrogen-bond acceptors (Lipinski definition) is 6. The Kier molecular flexibility index (Phi) is 6.33. The Morgan fingerprint density at radius 3 is 2.29 bits per heavy atom. The minimum atomic E-state index is -3.81. The molecule has 4 aromatic rings. The molecule has 176 valence electrons. The van der Waals surface area contributed by atoms with Crippen molar-refractivity contribution in [2.75, 3.05) is 17.1 Å². The van der Waals surface area contributed by atoms with E-state index in [0.717, 1.165) is 5.56 Å². The molecule has 1 aromatic heterocycles. The van der Waals surface area contributed by atoms with Crippen molar-refractivity contribution in [3.05, 3.63) is 77.9 Å². The molecule has 0 aliphatic carbocycles. The molecule has 0 radical (unpaired) electrons. The van der Waals surface area contributed by atoms with Crippen molar-refractivity contribution >= 4 is 48.3 Å². The van der Waals surface area contributed by atoms with E-state index >= 15 is 0 Å². The second-order valence-electron chi connectivity index (χ2n) is 8.74. The molecule has 0 aliphatic heterocycles. The molecular weight excluding hydrogens is 470 g/mol. The number of aromatic nitrogens is 1. The van der Waals surface area contributed by atoms with Crippen molar-refractivity contribution in [2.24, 2.45) is 0 Å². The summed E-state index contributed by atoms with van der Waals surface area (Å²) in [5.41, 5.74) is 2.36. The highest BCUT2D eigenvalue weighted by Crippen LogP contribution is 2.36. The summed E-state index contributed by atoms with van der Waals surface area (Å²) in [5, 5.41) is 3.17. The Balaban J connectivity index is 1.61. The van der Waals surface area contributed by atoms with Crippen LogP contribution < -0.4 is 14.8 Å². The van der Waals surface area contributed by atoms with Crippen LogP contribution in [0.4, 0.5) is 10.8 Å². The van der Waals surface area contributed by atoms with Gasteiger partial charge in [0.15, 0.2) is 5.13 Å². The van der Waals surface area contributed by atoms with Gasteiger partial charge < -0.3 is 4.74 Å². The lowest BCUT2D eigenvalue weighted by Gasteiger charge is -2.19. The number of anilines is 2. The Labute approximate surface area is 202 Å². The topological polar surface area (TPSA) is 97.4 Å². The second-order valence-corrected chi connectivity index (χ2v) is 11.5. The van der Waals surface area contributed by atoms with Gasteiger partial charge >= 0.3 is 0 Å². The van der Waals surface area contributed by atoms with Gasteiger partial charge in [0.05, 0.1) is 22.4 Å². The number of carbonyl (C=O) groups is 1. The van der Waals surface area contributed by atoms with Gasteiger partial charge in [-0.25, -0.2) is 13.4 Å². The Bertz CT molecular complexity index is 1440. The molecule has 1 heterocycles. The number of nitrogens with one attached hydrogen (secondary N) is 2. The molecule has 2 N–H and O–H groups in total. The third-order valence-corrected chi connectivity index (χ3v) is 7.53. The molecule has 7 nitrogen and oxygen atoms in total. The SMILES string of the molecule is COc1cc(NS(=O)(=O)c2ccc(C(C)(C)C)cc2)cc2sc(NC(=O)c3ccccc3)nc12. The minimum Gasteiger partial charge on any atom is -0.494 e. The van der Waals surface area contributed by atoms with E-state index in [1.54, 1.807) is 48.5 Å². The van der Waals surface area contributed by atoms with E-state index in [0.29, 0.717) is 32.3 Å². The van der Waals surface area contributed by atoms with E-state index in [1.165, 1.54) is 18.4 Å². The molecule has 0 bridgehead atoms. The Hall–Kier alpha value is -3.43. The number of ether oxygens (including phenoxy) is 1. The number of nitrogens with zero attached hydrogens (tertiary/aromatic N) is 1. The molecule has 0 atom stereocenters. The molecule has 0 aliphatic rings. The number of carbonyl (C=O) groups excluding carboxylic acids is 1. The highest BCUT2D eigenvalue weighted by Gasteiger charge is 2.20. The van der Waals surface area contributed by atoms with Gasteiger partial charge in [0.25, 0.3) is 15.9 Å². The van der Waals surface area contributed by atoms with Crippen LogP contribution in [0.3, 0.4) is 0 Å². The number of benzene rings is 3. The van der Waals surface area contributed by atoms with E-state index < -0.39 is 10.0 Å². The average Bonchev–Trinajstić information content (AvgIpc) is 3.20. The minimum absolute atomic E-state index is 0.0755. The van der Waals surface area contributed by atoms with Crippen LogP contribution in [-0.4, -0.2) is 26.4 Å². The molecular formula is C25H25N3O4S2. The zero-order valence-corrected chi connectivity index (χ0v) is 20.9. The summed E-state index contributed by atoms with van der Waals surface area (Å²) in [4.78, 5) is 17.1. The van der Waals surface area contributed by atoms with Crippen molar-refractivity contribution in [1.82, 2.24) is 4.98 Å². The first-order chi connectivity index (χ1) is 16.1. The average molecular weight is 496 g/mol. The van der Waals surface area contributed by atoms with Gasteiger partial charge in [-0.1, -0.05) is 62.4 Å². The molecule has 9 heteroatoms. The van der Waals surface area contributed by atoms with Gasteiger partial charge in [0.1, 0.15) is 11.3 Å².